The molecule has 4 amide bonds. The van der Waals surface area contributed by atoms with Crippen molar-refractivity contribution in [2.45, 2.75) is 17.0 Å². The number of carbonyl (C=O) groups excluding carboxylic acids is 3. The highest BCUT2D eigenvalue weighted by atomic mass is 32.2. The van der Waals surface area contributed by atoms with E-state index in [-0.39, 0.29) is 18.2 Å². The van der Waals surface area contributed by atoms with Crippen molar-refractivity contribution >= 4 is 40.6 Å². The number of hydrogen-bond donors (Lipinski definition) is 2. The predicted octanol–water partition coefficient (Wildman–Crippen LogP) is 2.24. The van der Waals surface area contributed by atoms with Crippen LogP contribution < -0.4 is 10.6 Å². The lowest BCUT2D eigenvalue weighted by molar-refractivity contribution is -0.125. The lowest BCUT2D eigenvalue weighted by Crippen LogP contribution is -2.52. The fraction of sp³-hybridized carbons (Fsp3) is 0.200. The second kappa shape index (κ2) is 6.35. The molecule has 0 saturated carbocycles. The summed E-state index contributed by atoms with van der Waals surface area (Å²) in [4.78, 5) is 44.5. The number of benzene rings is 1. The summed E-state index contributed by atoms with van der Waals surface area (Å²) in [5.74, 6) is -0.470. The molecule has 1 saturated heterocycles. The van der Waals surface area contributed by atoms with Crippen molar-refractivity contribution in [2.24, 2.45) is 0 Å². The maximum Gasteiger partial charge on any atom is 0.322 e. The first-order valence-corrected chi connectivity index (χ1v) is 10.2. The van der Waals surface area contributed by atoms with Gasteiger partial charge in [0.1, 0.15) is 11.3 Å². The van der Waals surface area contributed by atoms with E-state index in [1.54, 1.807) is 41.2 Å². The molecule has 1 aromatic carbocycles. The topological polar surface area (TPSA) is 105 Å². The van der Waals surface area contributed by atoms with Gasteiger partial charge in [0.2, 0.25) is 0 Å². The number of urea groups is 1. The Morgan fingerprint density at radius 3 is 2.83 bits per heavy atom. The van der Waals surface area contributed by atoms with E-state index < -0.39 is 17.5 Å². The Kier molecular flexibility index (Phi) is 3.88. The summed E-state index contributed by atoms with van der Waals surface area (Å²) in [5.41, 5.74) is 0.548. The first-order chi connectivity index (χ1) is 14.0. The van der Waals surface area contributed by atoms with E-state index in [2.05, 4.69) is 15.6 Å². The molecule has 0 unspecified atom stereocenters. The molecule has 8 nitrogen and oxygen atoms in total. The Hall–Kier alpha value is -3.33. The van der Waals surface area contributed by atoms with Crippen LogP contribution in [0.3, 0.4) is 0 Å². The normalized spacial score (nSPS) is 20.9. The Balaban J connectivity index is 1.54. The largest absolute Gasteiger partial charge is 0.458 e. The molecule has 29 heavy (non-hydrogen) atoms. The van der Waals surface area contributed by atoms with Gasteiger partial charge in [0.25, 0.3) is 11.8 Å². The van der Waals surface area contributed by atoms with E-state index in [1.807, 2.05) is 24.5 Å². The fourth-order valence-electron chi connectivity index (χ4n) is 3.83. The van der Waals surface area contributed by atoms with Gasteiger partial charge in [0.15, 0.2) is 5.54 Å². The van der Waals surface area contributed by atoms with Crippen LogP contribution in [-0.2, 0) is 16.9 Å². The van der Waals surface area contributed by atoms with E-state index in [1.165, 1.54) is 0 Å². The van der Waals surface area contributed by atoms with Gasteiger partial charge >= 0.3 is 6.03 Å². The molecular formula is C20H16N4O4S. The van der Waals surface area contributed by atoms with E-state index in [9.17, 15) is 14.4 Å². The summed E-state index contributed by atoms with van der Waals surface area (Å²) in [6, 6.07) is 8.48. The number of amides is 4. The van der Waals surface area contributed by atoms with Crippen LogP contribution in [0.4, 0.5) is 4.79 Å². The standard InChI is InChI=1S/C20H16N4O4S/c1-29-13-3-2-11-9-24(17(25)14(11)7-13)10-20(18(26)22-19(27)23-20)16-6-12-8-21-5-4-15(12)28-16/h2-8H,9-10H2,1H3,(H2,22,23,26,27)/t20-/m0/s1. The summed E-state index contributed by atoms with van der Waals surface area (Å²) >= 11 is 1.56. The van der Waals surface area contributed by atoms with Gasteiger partial charge in [0.05, 0.1) is 6.54 Å². The molecule has 3 aromatic rings. The molecule has 0 aliphatic carbocycles. The van der Waals surface area contributed by atoms with Gasteiger partial charge in [-0.05, 0) is 36.1 Å². The number of fused-ring (bicyclic) bond motifs is 2. The first kappa shape index (κ1) is 17.7. The fourth-order valence-corrected chi connectivity index (χ4v) is 4.27. The lowest BCUT2D eigenvalue weighted by Gasteiger charge is -2.29. The Labute approximate surface area is 169 Å². The minimum absolute atomic E-state index is 0.0417. The molecule has 2 aliphatic heterocycles. The highest BCUT2D eigenvalue weighted by Crippen LogP contribution is 2.34. The number of nitrogens with one attached hydrogen (secondary N) is 2. The molecule has 146 valence electrons. The van der Waals surface area contributed by atoms with Gasteiger partial charge < -0.3 is 14.6 Å². The zero-order valence-electron chi connectivity index (χ0n) is 15.4. The summed E-state index contributed by atoms with van der Waals surface area (Å²) in [6.07, 6.45) is 5.15. The molecule has 1 fully saturated rings. The third kappa shape index (κ3) is 2.69. The van der Waals surface area contributed by atoms with Gasteiger partial charge in [-0.3, -0.25) is 19.9 Å². The van der Waals surface area contributed by atoms with E-state index in [0.717, 1.165) is 10.5 Å². The summed E-state index contributed by atoms with van der Waals surface area (Å²) < 4.78 is 5.88. The van der Waals surface area contributed by atoms with Crippen molar-refractivity contribution in [3.05, 3.63) is 59.6 Å². The van der Waals surface area contributed by atoms with E-state index in [4.69, 9.17) is 4.42 Å². The molecule has 0 spiro atoms. The monoisotopic (exact) mass is 408 g/mol. The van der Waals surface area contributed by atoms with Crippen molar-refractivity contribution < 1.29 is 18.8 Å². The number of nitrogens with zero attached hydrogens (tertiary/aromatic N) is 2. The molecule has 1 atom stereocenters. The number of aromatic nitrogens is 1. The molecule has 2 aromatic heterocycles. The van der Waals surface area contributed by atoms with Crippen molar-refractivity contribution in [1.82, 2.24) is 20.5 Å². The summed E-state index contributed by atoms with van der Waals surface area (Å²) in [5, 5.41) is 5.66. The number of pyridine rings is 1. The Bertz CT molecular complexity index is 1160. The molecule has 0 bridgehead atoms. The van der Waals surface area contributed by atoms with Crippen LogP contribution in [0.2, 0.25) is 0 Å². The third-order valence-electron chi connectivity index (χ3n) is 5.30. The van der Waals surface area contributed by atoms with Gasteiger partial charge in [0, 0.05) is 34.8 Å². The number of imide groups is 1. The smallest absolute Gasteiger partial charge is 0.322 e. The van der Waals surface area contributed by atoms with Gasteiger partial charge in [-0.2, -0.15) is 0 Å². The minimum Gasteiger partial charge on any atom is -0.458 e. The quantitative estimate of drug-likeness (QED) is 0.507. The predicted molar refractivity (Wildman–Crippen MR) is 105 cm³/mol. The number of furan rings is 1. The second-order valence-electron chi connectivity index (χ2n) is 7.02. The zero-order valence-corrected chi connectivity index (χ0v) is 16.2. The molecule has 2 N–H and O–H groups in total. The van der Waals surface area contributed by atoms with Crippen LogP contribution in [0.5, 0.6) is 0 Å². The van der Waals surface area contributed by atoms with Crippen LogP contribution in [0.25, 0.3) is 11.0 Å². The molecule has 9 heteroatoms. The number of rotatable bonds is 4. The van der Waals surface area contributed by atoms with Crippen LogP contribution in [0.15, 0.2) is 52.0 Å². The minimum atomic E-state index is -1.50. The number of carbonyl (C=O) groups is 3. The van der Waals surface area contributed by atoms with E-state index >= 15 is 0 Å². The molecule has 0 radical (unpaired) electrons. The zero-order chi connectivity index (χ0) is 20.2. The highest BCUT2D eigenvalue weighted by molar-refractivity contribution is 7.98. The lowest BCUT2D eigenvalue weighted by atomic mass is 9.95. The van der Waals surface area contributed by atoms with Crippen LogP contribution >= 0.6 is 11.8 Å². The van der Waals surface area contributed by atoms with Gasteiger partial charge in [-0.1, -0.05) is 6.07 Å². The van der Waals surface area contributed by atoms with Gasteiger partial charge in [-0.15, -0.1) is 11.8 Å². The molecule has 5 rings (SSSR count). The first-order valence-electron chi connectivity index (χ1n) is 8.94. The van der Waals surface area contributed by atoms with Crippen molar-refractivity contribution in [3.63, 3.8) is 0 Å². The maximum atomic E-state index is 13.0. The van der Waals surface area contributed by atoms with Crippen LogP contribution in [0.1, 0.15) is 21.7 Å². The third-order valence-corrected chi connectivity index (χ3v) is 6.03. The van der Waals surface area contributed by atoms with Crippen molar-refractivity contribution in [1.29, 1.82) is 0 Å². The molecular weight excluding hydrogens is 392 g/mol. The van der Waals surface area contributed by atoms with Gasteiger partial charge in [-0.25, -0.2) is 4.79 Å². The van der Waals surface area contributed by atoms with Crippen LogP contribution in [0, 0.1) is 0 Å². The molecule has 4 heterocycles. The summed E-state index contributed by atoms with van der Waals surface area (Å²) in [7, 11) is 0. The van der Waals surface area contributed by atoms with Crippen LogP contribution in [-0.4, -0.2) is 40.5 Å². The van der Waals surface area contributed by atoms with Crippen molar-refractivity contribution in [2.75, 3.05) is 12.8 Å². The van der Waals surface area contributed by atoms with Crippen molar-refractivity contribution in [3.8, 4) is 0 Å². The highest BCUT2D eigenvalue weighted by Gasteiger charge is 2.52. The SMILES string of the molecule is CSc1ccc2c(c1)C(=O)N(C[C@@]1(c3cc4cnccc4o3)NC(=O)NC1=O)C2. The molecule has 2 aliphatic rings. The average Bonchev–Trinajstić information content (AvgIpc) is 3.36. The Morgan fingerprint density at radius 2 is 2.10 bits per heavy atom. The second-order valence-corrected chi connectivity index (χ2v) is 7.90. The summed E-state index contributed by atoms with van der Waals surface area (Å²) in [6.45, 7) is 0.315. The number of hydrogen-bond acceptors (Lipinski definition) is 6. The van der Waals surface area contributed by atoms with E-state index in [0.29, 0.717) is 23.1 Å². The average molecular weight is 408 g/mol. The number of thioether (sulfide) groups is 1. The Morgan fingerprint density at radius 1 is 1.24 bits per heavy atom. The maximum absolute atomic E-state index is 13.0.